The molecule has 3 unspecified atom stereocenters. The minimum Gasteiger partial charge on any atom is -0.481 e. The minimum atomic E-state index is -0.646. The third-order valence-electron chi connectivity index (χ3n) is 4.45. The van der Waals surface area contributed by atoms with Gasteiger partial charge in [-0.3, -0.25) is 4.79 Å². The normalized spacial score (nSPS) is 26.6. The van der Waals surface area contributed by atoms with Crippen molar-refractivity contribution in [2.75, 3.05) is 0 Å². The topological polar surface area (TPSA) is 37.3 Å². The molecular formula is C17H23BrO2S. The summed E-state index contributed by atoms with van der Waals surface area (Å²) in [4.78, 5) is 12.7. The second kappa shape index (κ2) is 6.74. The number of hydrogen-bond acceptors (Lipinski definition) is 2. The number of aliphatic carboxylic acids is 1. The van der Waals surface area contributed by atoms with Crippen molar-refractivity contribution < 1.29 is 9.90 Å². The molecule has 2 nitrogen and oxygen atoms in total. The number of halogens is 1. The fourth-order valence-corrected chi connectivity index (χ4v) is 5.01. The van der Waals surface area contributed by atoms with Gasteiger partial charge in [0.15, 0.2) is 0 Å². The first-order valence-corrected chi connectivity index (χ1v) is 9.10. The van der Waals surface area contributed by atoms with Crippen LogP contribution in [0.2, 0.25) is 0 Å². The summed E-state index contributed by atoms with van der Waals surface area (Å²) in [5.41, 5.74) is 0.246. The molecule has 1 aliphatic carbocycles. The monoisotopic (exact) mass is 370 g/mol. The quantitative estimate of drug-likeness (QED) is 0.767. The third-order valence-corrected chi connectivity index (χ3v) is 6.84. The Kier molecular flexibility index (Phi) is 5.42. The minimum absolute atomic E-state index is 0.152. The number of carboxylic acids is 1. The lowest BCUT2D eigenvalue weighted by Gasteiger charge is -2.40. The lowest BCUT2D eigenvalue weighted by Crippen LogP contribution is -2.37. The van der Waals surface area contributed by atoms with E-state index in [0.29, 0.717) is 5.92 Å². The van der Waals surface area contributed by atoms with E-state index in [1.54, 1.807) is 11.8 Å². The second-order valence-electron chi connectivity index (χ2n) is 6.91. The Hall–Kier alpha value is -0.480. The zero-order valence-electron chi connectivity index (χ0n) is 12.8. The molecule has 0 spiro atoms. The highest BCUT2D eigenvalue weighted by atomic mass is 79.9. The fraction of sp³-hybridized carbons (Fsp3) is 0.588. The van der Waals surface area contributed by atoms with Crippen LogP contribution in [-0.2, 0) is 4.79 Å². The molecule has 0 saturated heterocycles. The molecule has 1 saturated carbocycles. The van der Waals surface area contributed by atoms with Gasteiger partial charge in [-0.1, -0.05) is 32.9 Å². The zero-order valence-corrected chi connectivity index (χ0v) is 15.2. The molecule has 0 heterocycles. The molecule has 1 aromatic rings. The van der Waals surface area contributed by atoms with Gasteiger partial charge in [0.1, 0.15) is 0 Å². The van der Waals surface area contributed by atoms with Crippen molar-refractivity contribution in [1.82, 2.24) is 0 Å². The third kappa shape index (κ3) is 4.26. The summed E-state index contributed by atoms with van der Waals surface area (Å²) in [6, 6.07) is 8.07. The Labute approximate surface area is 139 Å². The molecule has 1 N–H and O–H groups in total. The molecule has 0 aliphatic heterocycles. The van der Waals surface area contributed by atoms with E-state index < -0.39 is 5.97 Å². The van der Waals surface area contributed by atoms with Crippen LogP contribution in [0.15, 0.2) is 33.6 Å². The maximum Gasteiger partial charge on any atom is 0.307 e. The van der Waals surface area contributed by atoms with E-state index in [9.17, 15) is 9.90 Å². The van der Waals surface area contributed by atoms with Crippen LogP contribution in [-0.4, -0.2) is 16.3 Å². The maximum absolute atomic E-state index is 11.6. The number of carboxylic acid groups (broad SMARTS) is 1. The van der Waals surface area contributed by atoms with Gasteiger partial charge in [0.05, 0.1) is 5.92 Å². The summed E-state index contributed by atoms with van der Waals surface area (Å²) in [7, 11) is 0. The van der Waals surface area contributed by atoms with Gasteiger partial charge in [-0.15, -0.1) is 11.8 Å². The molecule has 1 aliphatic rings. The van der Waals surface area contributed by atoms with Crippen LogP contribution in [0.5, 0.6) is 0 Å². The van der Waals surface area contributed by atoms with Crippen LogP contribution in [0, 0.1) is 17.3 Å². The number of carbonyl (C=O) groups is 1. The highest BCUT2D eigenvalue weighted by molar-refractivity contribution is 9.10. The van der Waals surface area contributed by atoms with Crippen molar-refractivity contribution in [3.63, 3.8) is 0 Å². The molecule has 4 heteroatoms. The first kappa shape index (κ1) is 16.9. The van der Waals surface area contributed by atoms with E-state index in [2.05, 4.69) is 42.8 Å². The Morgan fingerprint density at radius 3 is 2.52 bits per heavy atom. The molecule has 21 heavy (non-hydrogen) atoms. The van der Waals surface area contributed by atoms with E-state index in [1.165, 1.54) is 0 Å². The summed E-state index contributed by atoms with van der Waals surface area (Å²) < 4.78 is 1.05. The summed E-state index contributed by atoms with van der Waals surface area (Å²) in [5, 5.41) is 9.67. The lowest BCUT2D eigenvalue weighted by molar-refractivity contribution is -0.143. The Morgan fingerprint density at radius 1 is 1.29 bits per heavy atom. The Bertz CT molecular complexity index is 510. The predicted molar refractivity (Wildman–Crippen MR) is 91.7 cm³/mol. The van der Waals surface area contributed by atoms with E-state index in [1.807, 2.05) is 18.2 Å². The van der Waals surface area contributed by atoms with E-state index >= 15 is 0 Å². The average Bonchev–Trinajstić information content (AvgIpc) is 2.40. The van der Waals surface area contributed by atoms with Gasteiger partial charge < -0.3 is 5.11 Å². The summed E-state index contributed by atoms with van der Waals surface area (Å²) in [6.45, 7) is 6.79. The van der Waals surface area contributed by atoms with Gasteiger partial charge in [0.25, 0.3) is 0 Å². The van der Waals surface area contributed by atoms with Gasteiger partial charge in [-0.2, -0.15) is 0 Å². The molecule has 3 atom stereocenters. The SMILES string of the molecule is CC(C)(C)C1CCC(C(=O)O)C(Sc2ccccc2Br)C1. The first-order valence-electron chi connectivity index (χ1n) is 7.43. The number of thioether (sulfide) groups is 1. The molecule has 116 valence electrons. The summed E-state index contributed by atoms with van der Waals surface area (Å²) in [5.74, 6) is -0.291. The first-order chi connectivity index (χ1) is 9.79. The van der Waals surface area contributed by atoms with Gasteiger partial charge in [-0.25, -0.2) is 0 Å². The van der Waals surface area contributed by atoms with Crippen LogP contribution in [0.25, 0.3) is 0 Å². The van der Waals surface area contributed by atoms with Crippen LogP contribution in [0.4, 0.5) is 0 Å². The van der Waals surface area contributed by atoms with Crippen molar-refractivity contribution in [2.45, 2.75) is 50.2 Å². The molecular weight excluding hydrogens is 348 g/mol. The van der Waals surface area contributed by atoms with E-state index in [0.717, 1.165) is 28.6 Å². The molecule has 0 amide bonds. The largest absolute Gasteiger partial charge is 0.481 e. The lowest BCUT2D eigenvalue weighted by atomic mass is 9.69. The smallest absolute Gasteiger partial charge is 0.307 e. The molecule has 0 aromatic heterocycles. The predicted octanol–water partition coefficient (Wildman–Crippen LogP) is 5.46. The van der Waals surface area contributed by atoms with Crippen molar-refractivity contribution in [2.24, 2.45) is 17.3 Å². The highest BCUT2D eigenvalue weighted by Crippen LogP contribution is 2.46. The Balaban J connectivity index is 2.18. The second-order valence-corrected chi connectivity index (χ2v) is 9.04. The van der Waals surface area contributed by atoms with Crippen LogP contribution >= 0.6 is 27.7 Å². The van der Waals surface area contributed by atoms with Gasteiger partial charge in [-0.05, 0) is 58.7 Å². The molecule has 0 radical (unpaired) electrons. The van der Waals surface area contributed by atoms with Crippen molar-refractivity contribution in [3.05, 3.63) is 28.7 Å². The van der Waals surface area contributed by atoms with Gasteiger partial charge in [0.2, 0.25) is 0 Å². The molecule has 2 rings (SSSR count). The van der Waals surface area contributed by atoms with Crippen molar-refractivity contribution in [3.8, 4) is 0 Å². The van der Waals surface area contributed by atoms with Crippen molar-refractivity contribution in [1.29, 1.82) is 0 Å². The summed E-state index contributed by atoms with van der Waals surface area (Å²) >= 11 is 5.29. The number of benzene rings is 1. The Morgan fingerprint density at radius 2 is 1.95 bits per heavy atom. The van der Waals surface area contributed by atoms with Crippen LogP contribution in [0.3, 0.4) is 0 Å². The maximum atomic E-state index is 11.6. The summed E-state index contributed by atoms with van der Waals surface area (Å²) in [6.07, 6.45) is 2.79. The van der Waals surface area contributed by atoms with Crippen LogP contribution in [0.1, 0.15) is 40.0 Å². The highest BCUT2D eigenvalue weighted by Gasteiger charge is 2.39. The van der Waals surface area contributed by atoms with E-state index in [4.69, 9.17) is 0 Å². The standard InChI is InChI=1S/C17H23BrO2S/c1-17(2,3)11-8-9-12(16(19)20)15(10-11)21-14-7-5-4-6-13(14)18/h4-7,11-12,15H,8-10H2,1-3H3,(H,19,20). The average molecular weight is 371 g/mol. The van der Waals surface area contributed by atoms with Gasteiger partial charge >= 0.3 is 5.97 Å². The molecule has 1 fully saturated rings. The zero-order chi connectivity index (χ0) is 15.6. The van der Waals surface area contributed by atoms with E-state index in [-0.39, 0.29) is 16.6 Å². The van der Waals surface area contributed by atoms with Gasteiger partial charge in [0, 0.05) is 14.6 Å². The fourth-order valence-electron chi connectivity index (χ4n) is 3.03. The van der Waals surface area contributed by atoms with Crippen molar-refractivity contribution >= 4 is 33.7 Å². The van der Waals surface area contributed by atoms with Crippen LogP contribution < -0.4 is 0 Å². The number of hydrogen-bond donors (Lipinski definition) is 1. The number of rotatable bonds is 3. The molecule has 0 bridgehead atoms. The molecule has 1 aromatic carbocycles.